The quantitative estimate of drug-likeness (QED) is 0.787. The summed E-state index contributed by atoms with van der Waals surface area (Å²) >= 11 is 3.37. The van der Waals surface area contributed by atoms with Gasteiger partial charge in [-0.1, -0.05) is 0 Å². The number of hydrogen-bond acceptors (Lipinski definition) is 3. The minimum Gasteiger partial charge on any atom is -0.390 e. The average Bonchev–Trinajstić information content (AvgIpc) is 2.45. The van der Waals surface area contributed by atoms with Crippen LogP contribution in [0.5, 0.6) is 0 Å². The van der Waals surface area contributed by atoms with Crippen LogP contribution in [0.1, 0.15) is 5.69 Å². The number of fused-ring (bicyclic) bond motifs is 1. The van der Waals surface area contributed by atoms with E-state index in [0.717, 1.165) is 21.2 Å². The lowest BCUT2D eigenvalue weighted by atomic mass is 10.3. The zero-order chi connectivity index (χ0) is 9.42. The van der Waals surface area contributed by atoms with Crippen molar-refractivity contribution >= 4 is 36.4 Å². The summed E-state index contributed by atoms with van der Waals surface area (Å²) in [4.78, 5) is 0. The van der Waals surface area contributed by atoms with Crippen LogP contribution in [0.2, 0.25) is 0 Å². The van der Waals surface area contributed by atoms with E-state index in [-0.39, 0.29) is 6.61 Å². The summed E-state index contributed by atoms with van der Waals surface area (Å²) in [6, 6.07) is 1.88. The van der Waals surface area contributed by atoms with Crippen LogP contribution in [0.3, 0.4) is 0 Å². The third-order valence-electron chi connectivity index (χ3n) is 1.83. The van der Waals surface area contributed by atoms with Gasteiger partial charge < -0.3 is 9.44 Å². The lowest BCUT2D eigenvalue weighted by Gasteiger charge is -1.97. The van der Waals surface area contributed by atoms with Crippen molar-refractivity contribution in [2.45, 2.75) is 6.61 Å². The van der Waals surface area contributed by atoms with Crippen LogP contribution < -0.4 is 0 Å². The molecule has 68 valence electrons. The van der Waals surface area contributed by atoms with Crippen molar-refractivity contribution < 1.29 is 5.11 Å². The minimum absolute atomic E-state index is 0.00764. The van der Waals surface area contributed by atoms with E-state index in [1.807, 2.05) is 6.07 Å². The highest BCUT2D eigenvalue weighted by Gasteiger charge is 2.08. The zero-order valence-electron chi connectivity index (χ0n) is 6.61. The van der Waals surface area contributed by atoms with Gasteiger partial charge in [0.05, 0.1) is 12.8 Å². The molecule has 2 aromatic rings. The van der Waals surface area contributed by atoms with E-state index >= 15 is 0 Å². The fourth-order valence-corrected chi connectivity index (χ4v) is 1.90. The van der Waals surface area contributed by atoms with Crippen LogP contribution >= 0.6 is 25.3 Å². The summed E-state index contributed by atoms with van der Waals surface area (Å²) in [7, 11) is 2.49. The lowest BCUT2D eigenvalue weighted by molar-refractivity contribution is 0.276. The number of nitrogens with zero attached hydrogens (tertiary/aromatic N) is 3. The van der Waals surface area contributed by atoms with Crippen molar-refractivity contribution in [3.05, 3.63) is 22.4 Å². The third kappa shape index (κ3) is 1.37. The van der Waals surface area contributed by atoms with Gasteiger partial charge >= 0.3 is 0 Å². The van der Waals surface area contributed by atoms with Crippen molar-refractivity contribution in [1.82, 2.24) is 14.5 Å². The molecule has 2 rings (SSSR count). The van der Waals surface area contributed by atoms with E-state index in [9.17, 15) is 0 Å². The van der Waals surface area contributed by atoms with Crippen molar-refractivity contribution in [2.75, 3.05) is 0 Å². The average molecular weight is 260 g/mol. The van der Waals surface area contributed by atoms with Crippen molar-refractivity contribution in [3.8, 4) is 0 Å². The van der Waals surface area contributed by atoms with Gasteiger partial charge in [0, 0.05) is 15.6 Å². The number of aliphatic hydroxyl groups is 1. The summed E-state index contributed by atoms with van der Waals surface area (Å²) in [5.74, 6) is 0. The molecular weight excluding hydrogens is 253 g/mol. The Bertz CT molecular complexity index is 456. The maximum absolute atomic E-state index is 9.01. The molecule has 0 aliphatic carbocycles. The molecule has 1 atom stereocenters. The number of aliphatic hydroxyl groups excluding tert-OH is 1. The number of hydrogen-bond donors (Lipinski definition) is 1. The molecule has 0 saturated heterocycles. The van der Waals surface area contributed by atoms with E-state index < -0.39 is 0 Å². The molecule has 0 aliphatic heterocycles. The smallest absolute Gasteiger partial charge is 0.166 e. The second kappa shape index (κ2) is 3.33. The highest BCUT2D eigenvalue weighted by molar-refractivity contribution is 9.10. The monoisotopic (exact) mass is 259 g/mol. The molecule has 0 bridgehead atoms. The van der Waals surface area contributed by atoms with Gasteiger partial charge in [0.15, 0.2) is 5.65 Å². The van der Waals surface area contributed by atoms with Crippen LogP contribution in [0.15, 0.2) is 16.7 Å². The Kier molecular flexibility index (Phi) is 2.32. The number of rotatable bonds is 1. The van der Waals surface area contributed by atoms with Gasteiger partial charge in [-0.15, -0.1) is 5.10 Å². The van der Waals surface area contributed by atoms with Crippen LogP contribution in [0, 0.1) is 0 Å². The van der Waals surface area contributed by atoms with Gasteiger partial charge in [0.1, 0.15) is 0 Å². The first-order valence-electron chi connectivity index (χ1n) is 3.61. The predicted octanol–water partition coefficient (Wildman–Crippen LogP) is 1.32. The Labute approximate surface area is 85.4 Å². The van der Waals surface area contributed by atoms with Crippen LogP contribution in [-0.4, -0.2) is 19.6 Å². The fraction of sp³-hybridized carbons (Fsp3) is 0.143. The van der Waals surface area contributed by atoms with E-state index in [2.05, 4.69) is 35.5 Å². The molecule has 1 N–H and O–H groups in total. The molecular formula is C7H7BrN3OP. The molecule has 13 heavy (non-hydrogen) atoms. The SMILES string of the molecule is OCc1cc2c(Br)cnnc2n1P. The Morgan fingerprint density at radius 1 is 1.62 bits per heavy atom. The molecule has 1 unspecified atom stereocenters. The van der Waals surface area contributed by atoms with Gasteiger partial charge in [-0.25, -0.2) is 0 Å². The van der Waals surface area contributed by atoms with Gasteiger partial charge in [0.2, 0.25) is 0 Å². The predicted molar refractivity (Wildman–Crippen MR) is 56.3 cm³/mol. The first-order chi connectivity index (χ1) is 6.24. The van der Waals surface area contributed by atoms with Gasteiger partial charge in [-0.2, -0.15) is 5.10 Å². The van der Waals surface area contributed by atoms with E-state index in [4.69, 9.17) is 5.11 Å². The first kappa shape index (κ1) is 9.06. The van der Waals surface area contributed by atoms with Crippen LogP contribution in [0.4, 0.5) is 0 Å². The summed E-state index contributed by atoms with van der Waals surface area (Å²) in [5, 5.41) is 17.7. The fourth-order valence-electron chi connectivity index (χ4n) is 1.17. The Balaban J connectivity index is 2.83. The van der Waals surface area contributed by atoms with E-state index in [0.29, 0.717) is 0 Å². The minimum atomic E-state index is -0.00764. The standard InChI is InChI=1S/C7H7BrN3OP/c8-6-2-9-10-7-5(6)1-4(3-12)11(7)13/h1-2,12H,3,13H2. The normalized spacial score (nSPS) is 11.0. The van der Waals surface area contributed by atoms with E-state index in [1.54, 1.807) is 10.5 Å². The molecule has 2 heterocycles. The summed E-state index contributed by atoms with van der Waals surface area (Å²) in [6.07, 6.45) is 1.63. The van der Waals surface area contributed by atoms with Crippen LogP contribution in [0.25, 0.3) is 11.0 Å². The highest BCUT2D eigenvalue weighted by atomic mass is 79.9. The molecule has 0 aliphatic rings. The molecule has 2 aromatic heterocycles. The Morgan fingerprint density at radius 2 is 2.38 bits per heavy atom. The van der Waals surface area contributed by atoms with Crippen molar-refractivity contribution in [2.24, 2.45) is 0 Å². The second-order valence-electron chi connectivity index (χ2n) is 2.59. The zero-order valence-corrected chi connectivity index (χ0v) is 9.35. The summed E-state index contributed by atoms with van der Waals surface area (Å²) in [6.45, 7) is -0.00764. The molecule has 0 fully saturated rings. The Hall–Kier alpha value is -0.510. The molecule has 0 amide bonds. The van der Waals surface area contributed by atoms with Crippen LogP contribution in [-0.2, 0) is 6.61 Å². The molecule has 0 aromatic carbocycles. The molecule has 0 saturated carbocycles. The third-order valence-corrected chi connectivity index (χ3v) is 3.04. The number of aromatic nitrogens is 3. The highest BCUT2D eigenvalue weighted by Crippen LogP contribution is 2.25. The summed E-state index contributed by atoms with van der Waals surface area (Å²) < 4.78 is 2.63. The largest absolute Gasteiger partial charge is 0.390 e. The Morgan fingerprint density at radius 3 is 3.00 bits per heavy atom. The molecule has 6 heteroatoms. The van der Waals surface area contributed by atoms with Crippen molar-refractivity contribution in [1.29, 1.82) is 0 Å². The first-order valence-corrected chi connectivity index (χ1v) is 4.92. The topological polar surface area (TPSA) is 50.9 Å². The molecule has 0 spiro atoms. The maximum atomic E-state index is 9.01. The molecule has 4 nitrogen and oxygen atoms in total. The maximum Gasteiger partial charge on any atom is 0.166 e. The van der Waals surface area contributed by atoms with Gasteiger partial charge in [-0.05, 0) is 31.4 Å². The van der Waals surface area contributed by atoms with Gasteiger partial charge in [0.25, 0.3) is 0 Å². The summed E-state index contributed by atoms with van der Waals surface area (Å²) in [5.41, 5.74) is 1.53. The molecule has 0 radical (unpaired) electrons. The lowest BCUT2D eigenvalue weighted by Crippen LogP contribution is -1.90. The number of halogens is 1. The van der Waals surface area contributed by atoms with E-state index in [1.165, 1.54) is 0 Å². The van der Waals surface area contributed by atoms with Crippen molar-refractivity contribution in [3.63, 3.8) is 0 Å². The second-order valence-corrected chi connectivity index (χ2v) is 3.96. The van der Waals surface area contributed by atoms with Gasteiger partial charge in [-0.3, -0.25) is 0 Å².